The summed E-state index contributed by atoms with van der Waals surface area (Å²) in [5, 5.41) is 14.5. The molecule has 0 aromatic heterocycles. The lowest BCUT2D eigenvalue weighted by molar-refractivity contribution is -0.123. The summed E-state index contributed by atoms with van der Waals surface area (Å²) in [6.45, 7) is 1.42. The van der Waals surface area contributed by atoms with Gasteiger partial charge >= 0.3 is 0 Å². The Morgan fingerprint density at radius 1 is 0.897 bits per heavy atom. The van der Waals surface area contributed by atoms with Crippen LogP contribution in [0.1, 0.15) is 24.2 Å². The van der Waals surface area contributed by atoms with Crippen LogP contribution in [0.25, 0.3) is 0 Å². The van der Waals surface area contributed by atoms with Gasteiger partial charge in [0.1, 0.15) is 5.75 Å². The molecule has 1 atom stereocenters. The number of anilines is 2. The smallest absolute Gasteiger partial charge is 0.270 e. The van der Waals surface area contributed by atoms with Crippen LogP contribution in [0.5, 0.6) is 5.75 Å². The van der Waals surface area contributed by atoms with Gasteiger partial charge in [-0.05, 0) is 30.3 Å². The Bertz CT molecular complexity index is 1060. The van der Waals surface area contributed by atoms with Gasteiger partial charge in [0.25, 0.3) is 5.91 Å². The molecule has 0 fully saturated rings. The maximum atomic E-state index is 13.0. The van der Waals surface area contributed by atoms with E-state index in [2.05, 4.69) is 10.6 Å². The lowest BCUT2D eigenvalue weighted by Gasteiger charge is -2.20. The van der Waals surface area contributed by atoms with Gasteiger partial charge in [0.15, 0.2) is 0 Å². The standard InChI is InChI=1S/C23H19N3O3/c1-16(27)25-20-11-6-12-21(14-20)29-22(18-8-3-2-4-9-18)23(28)26-19-10-5-7-17(13-19)15-24/h2-14,22H,1H3,(H,25,27)(H,26,28). The number of nitrogens with zero attached hydrogens (tertiary/aromatic N) is 1. The molecule has 1 unspecified atom stereocenters. The Hall–Kier alpha value is -4.11. The van der Waals surface area contributed by atoms with Crippen LogP contribution in [0.15, 0.2) is 78.9 Å². The SMILES string of the molecule is CC(=O)Nc1cccc(OC(C(=O)Nc2cccc(C#N)c2)c2ccccc2)c1. The molecule has 0 aliphatic heterocycles. The van der Waals surface area contributed by atoms with Crippen LogP contribution >= 0.6 is 0 Å². The zero-order valence-corrected chi connectivity index (χ0v) is 15.8. The van der Waals surface area contributed by atoms with Gasteiger partial charge in [-0.1, -0.05) is 42.5 Å². The van der Waals surface area contributed by atoms with E-state index < -0.39 is 6.10 Å². The summed E-state index contributed by atoms with van der Waals surface area (Å²) in [6.07, 6.45) is -0.922. The van der Waals surface area contributed by atoms with E-state index in [0.29, 0.717) is 28.3 Å². The molecule has 0 bridgehead atoms. The van der Waals surface area contributed by atoms with Gasteiger partial charge in [-0.15, -0.1) is 0 Å². The fraction of sp³-hybridized carbons (Fsp3) is 0.0870. The maximum Gasteiger partial charge on any atom is 0.270 e. The van der Waals surface area contributed by atoms with E-state index in [-0.39, 0.29) is 11.8 Å². The highest BCUT2D eigenvalue weighted by atomic mass is 16.5. The first-order valence-electron chi connectivity index (χ1n) is 8.95. The normalized spacial score (nSPS) is 11.0. The van der Waals surface area contributed by atoms with Gasteiger partial charge < -0.3 is 15.4 Å². The summed E-state index contributed by atoms with van der Waals surface area (Å²) in [6, 6.07) is 24.6. The molecule has 0 spiro atoms. The topological polar surface area (TPSA) is 91.2 Å². The zero-order valence-electron chi connectivity index (χ0n) is 15.8. The van der Waals surface area contributed by atoms with Crippen LogP contribution < -0.4 is 15.4 Å². The summed E-state index contributed by atoms with van der Waals surface area (Å²) in [4.78, 5) is 24.3. The number of nitriles is 1. The fourth-order valence-corrected chi connectivity index (χ4v) is 2.76. The number of hydrogen-bond donors (Lipinski definition) is 2. The lowest BCUT2D eigenvalue weighted by atomic mass is 10.1. The molecule has 144 valence electrons. The summed E-state index contributed by atoms with van der Waals surface area (Å²) in [5.41, 5.74) is 2.20. The third-order valence-electron chi connectivity index (χ3n) is 4.01. The molecule has 29 heavy (non-hydrogen) atoms. The van der Waals surface area contributed by atoms with E-state index in [1.165, 1.54) is 6.92 Å². The first kappa shape index (κ1) is 19.6. The molecule has 0 saturated heterocycles. The van der Waals surface area contributed by atoms with Crippen molar-refractivity contribution >= 4 is 23.2 Å². The quantitative estimate of drug-likeness (QED) is 0.663. The van der Waals surface area contributed by atoms with Crippen molar-refractivity contribution in [2.45, 2.75) is 13.0 Å². The van der Waals surface area contributed by atoms with Crippen LogP contribution in [0.4, 0.5) is 11.4 Å². The second kappa shape index (κ2) is 9.20. The first-order chi connectivity index (χ1) is 14.0. The van der Waals surface area contributed by atoms with Gasteiger partial charge in [0, 0.05) is 29.9 Å². The minimum Gasteiger partial charge on any atom is -0.476 e. The summed E-state index contributed by atoms with van der Waals surface area (Å²) >= 11 is 0. The van der Waals surface area contributed by atoms with Crippen molar-refractivity contribution < 1.29 is 14.3 Å². The van der Waals surface area contributed by atoms with E-state index in [9.17, 15) is 9.59 Å². The van der Waals surface area contributed by atoms with Crippen molar-refractivity contribution in [2.75, 3.05) is 10.6 Å². The van der Waals surface area contributed by atoms with Gasteiger partial charge in [-0.3, -0.25) is 9.59 Å². The van der Waals surface area contributed by atoms with Gasteiger partial charge in [0.05, 0.1) is 11.6 Å². The van der Waals surface area contributed by atoms with Gasteiger partial charge in [-0.25, -0.2) is 0 Å². The van der Waals surface area contributed by atoms with E-state index in [4.69, 9.17) is 10.00 Å². The average Bonchev–Trinajstić information content (AvgIpc) is 2.72. The number of ether oxygens (including phenoxy) is 1. The van der Waals surface area contributed by atoms with E-state index >= 15 is 0 Å². The highest BCUT2D eigenvalue weighted by molar-refractivity contribution is 5.95. The number of rotatable bonds is 6. The molecule has 2 amide bonds. The molecular weight excluding hydrogens is 366 g/mol. The van der Waals surface area contributed by atoms with Crippen molar-refractivity contribution in [2.24, 2.45) is 0 Å². The predicted molar refractivity (Wildman–Crippen MR) is 110 cm³/mol. The summed E-state index contributed by atoms with van der Waals surface area (Å²) in [7, 11) is 0. The molecule has 0 radical (unpaired) electrons. The number of benzene rings is 3. The molecular formula is C23H19N3O3. The highest BCUT2D eigenvalue weighted by Crippen LogP contribution is 2.26. The fourth-order valence-electron chi connectivity index (χ4n) is 2.76. The molecule has 6 nitrogen and oxygen atoms in total. The molecule has 0 heterocycles. The van der Waals surface area contributed by atoms with Gasteiger partial charge in [0.2, 0.25) is 12.0 Å². The van der Waals surface area contributed by atoms with Crippen LogP contribution in [-0.4, -0.2) is 11.8 Å². The first-order valence-corrected chi connectivity index (χ1v) is 8.95. The largest absolute Gasteiger partial charge is 0.476 e. The summed E-state index contributed by atoms with van der Waals surface area (Å²) in [5.74, 6) is -0.140. The maximum absolute atomic E-state index is 13.0. The Kier molecular flexibility index (Phi) is 6.23. The molecule has 0 saturated carbocycles. The van der Waals surface area contributed by atoms with E-state index in [1.807, 2.05) is 24.3 Å². The van der Waals surface area contributed by atoms with Crippen molar-refractivity contribution in [3.8, 4) is 11.8 Å². The number of amides is 2. The Morgan fingerprint density at radius 2 is 1.59 bits per heavy atom. The van der Waals surface area contributed by atoms with Crippen molar-refractivity contribution in [1.29, 1.82) is 5.26 Å². The molecule has 6 heteroatoms. The molecule has 3 rings (SSSR count). The minimum absolute atomic E-state index is 0.197. The number of nitrogens with one attached hydrogen (secondary N) is 2. The predicted octanol–water partition coefficient (Wildman–Crippen LogP) is 4.28. The van der Waals surface area contributed by atoms with E-state index in [0.717, 1.165) is 0 Å². The molecule has 0 aliphatic carbocycles. The number of carbonyl (C=O) groups is 2. The highest BCUT2D eigenvalue weighted by Gasteiger charge is 2.23. The van der Waals surface area contributed by atoms with E-state index in [1.54, 1.807) is 60.7 Å². The Labute approximate surface area is 168 Å². The van der Waals surface area contributed by atoms with Crippen LogP contribution in [0, 0.1) is 11.3 Å². The monoisotopic (exact) mass is 385 g/mol. The average molecular weight is 385 g/mol. The third kappa shape index (κ3) is 5.44. The molecule has 0 aliphatic rings. The van der Waals surface area contributed by atoms with Crippen molar-refractivity contribution in [3.63, 3.8) is 0 Å². The van der Waals surface area contributed by atoms with Crippen LogP contribution in [-0.2, 0) is 9.59 Å². The second-order valence-corrected chi connectivity index (χ2v) is 6.30. The molecule has 3 aromatic rings. The van der Waals surface area contributed by atoms with Crippen LogP contribution in [0.3, 0.4) is 0 Å². The number of hydrogen-bond acceptors (Lipinski definition) is 4. The Balaban J connectivity index is 1.86. The van der Waals surface area contributed by atoms with Crippen molar-refractivity contribution in [1.82, 2.24) is 0 Å². The van der Waals surface area contributed by atoms with Gasteiger partial charge in [-0.2, -0.15) is 5.26 Å². The third-order valence-corrected chi connectivity index (χ3v) is 4.01. The molecule has 3 aromatic carbocycles. The lowest BCUT2D eigenvalue weighted by Crippen LogP contribution is -2.25. The van der Waals surface area contributed by atoms with Crippen molar-refractivity contribution in [3.05, 3.63) is 90.0 Å². The molecule has 2 N–H and O–H groups in total. The minimum atomic E-state index is -0.922. The summed E-state index contributed by atoms with van der Waals surface area (Å²) < 4.78 is 5.98. The Morgan fingerprint density at radius 3 is 2.28 bits per heavy atom. The second-order valence-electron chi connectivity index (χ2n) is 6.30. The van der Waals surface area contributed by atoms with Crippen LogP contribution in [0.2, 0.25) is 0 Å². The number of carbonyl (C=O) groups excluding carboxylic acids is 2. The zero-order chi connectivity index (χ0) is 20.6.